The summed E-state index contributed by atoms with van der Waals surface area (Å²) in [5.74, 6) is -0.437. The molecule has 0 aromatic carbocycles. The molecule has 9 heteroatoms. The quantitative estimate of drug-likeness (QED) is 0.389. The SMILES string of the molecule is O=C(c1c(-c2ccccn2)nn2ccccc12)N1CCC[C@H]1Cn1ccc(-c2ccc(F)cn2)n1. The molecule has 0 N–H and O–H groups in total. The van der Waals surface area contributed by atoms with Crippen LogP contribution >= 0.6 is 0 Å². The molecule has 174 valence electrons. The van der Waals surface area contributed by atoms with Crippen LogP contribution in [-0.4, -0.2) is 52.8 Å². The van der Waals surface area contributed by atoms with Crippen molar-refractivity contribution in [1.29, 1.82) is 0 Å². The molecule has 0 bridgehead atoms. The van der Waals surface area contributed by atoms with E-state index in [1.165, 1.54) is 12.3 Å². The van der Waals surface area contributed by atoms with Gasteiger partial charge in [0.2, 0.25) is 0 Å². The molecule has 6 heterocycles. The van der Waals surface area contributed by atoms with E-state index in [9.17, 15) is 9.18 Å². The molecule has 1 aliphatic rings. The first-order valence-electron chi connectivity index (χ1n) is 11.5. The van der Waals surface area contributed by atoms with Crippen molar-refractivity contribution < 1.29 is 9.18 Å². The zero-order valence-electron chi connectivity index (χ0n) is 18.8. The van der Waals surface area contributed by atoms with E-state index in [1.54, 1.807) is 16.8 Å². The summed E-state index contributed by atoms with van der Waals surface area (Å²) in [5, 5.41) is 9.30. The lowest BCUT2D eigenvalue weighted by molar-refractivity contribution is 0.0724. The van der Waals surface area contributed by atoms with E-state index in [-0.39, 0.29) is 17.8 Å². The predicted molar refractivity (Wildman–Crippen MR) is 128 cm³/mol. The van der Waals surface area contributed by atoms with Crippen LogP contribution in [0, 0.1) is 5.82 Å². The van der Waals surface area contributed by atoms with E-state index in [2.05, 4.69) is 20.2 Å². The number of halogens is 1. The molecule has 8 nitrogen and oxygen atoms in total. The van der Waals surface area contributed by atoms with Gasteiger partial charge >= 0.3 is 0 Å². The second kappa shape index (κ2) is 8.75. The largest absolute Gasteiger partial charge is 0.334 e. The molecule has 0 spiro atoms. The second-order valence-electron chi connectivity index (χ2n) is 8.55. The monoisotopic (exact) mass is 467 g/mol. The van der Waals surface area contributed by atoms with Gasteiger partial charge in [-0.2, -0.15) is 10.2 Å². The van der Waals surface area contributed by atoms with Crippen molar-refractivity contribution in [2.24, 2.45) is 0 Å². The van der Waals surface area contributed by atoms with Crippen molar-refractivity contribution in [3.05, 3.63) is 90.8 Å². The number of rotatable bonds is 5. The first kappa shape index (κ1) is 21.2. The Bertz CT molecular complexity index is 1490. The van der Waals surface area contributed by atoms with Crippen molar-refractivity contribution in [3.63, 3.8) is 0 Å². The van der Waals surface area contributed by atoms with Crippen molar-refractivity contribution in [3.8, 4) is 22.8 Å². The van der Waals surface area contributed by atoms with Crippen molar-refractivity contribution in [1.82, 2.24) is 34.3 Å². The molecule has 1 fully saturated rings. The lowest BCUT2D eigenvalue weighted by atomic mass is 10.1. The number of hydrogen-bond donors (Lipinski definition) is 0. The molecular formula is C26H22FN7O. The highest BCUT2D eigenvalue weighted by Gasteiger charge is 2.33. The van der Waals surface area contributed by atoms with Crippen LogP contribution in [0.5, 0.6) is 0 Å². The van der Waals surface area contributed by atoms with Gasteiger partial charge in [0, 0.05) is 25.1 Å². The van der Waals surface area contributed by atoms with E-state index in [1.807, 2.05) is 64.4 Å². The van der Waals surface area contributed by atoms with Gasteiger partial charge in [-0.15, -0.1) is 0 Å². The highest BCUT2D eigenvalue weighted by Crippen LogP contribution is 2.29. The van der Waals surface area contributed by atoms with Crippen LogP contribution in [0.2, 0.25) is 0 Å². The van der Waals surface area contributed by atoms with E-state index in [0.29, 0.717) is 41.4 Å². The molecule has 5 aromatic rings. The summed E-state index contributed by atoms with van der Waals surface area (Å²) in [6, 6.07) is 16.1. The number of carbonyl (C=O) groups is 1. The Balaban J connectivity index is 1.30. The van der Waals surface area contributed by atoms with Crippen LogP contribution in [-0.2, 0) is 6.54 Å². The fourth-order valence-corrected chi connectivity index (χ4v) is 4.67. The van der Waals surface area contributed by atoms with Gasteiger partial charge in [-0.25, -0.2) is 8.91 Å². The maximum absolute atomic E-state index is 13.9. The third-order valence-corrected chi connectivity index (χ3v) is 6.33. The lowest BCUT2D eigenvalue weighted by Gasteiger charge is -2.25. The van der Waals surface area contributed by atoms with E-state index in [4.69, 9.17) is 0 Å². The molecule has 0 radical (unpaired) electrons. The Hall–Kier alpha value is -4.40. The van der Waals surface area contributed by atoms with Crippen LogP contribution in [0.3, 0.4) is 0 Å². The average molecular weight is 468 g/mol. The summed E-state index contributed by atoms with van der Waals surface area (Å²) >= 11 is 0. The van der Waals surface area contributed by atoms with Gasteiger partial charge in [0.05, 0.1) is 41.3 Å². The van der Waals surface area contributed by atoms with Crippen LogP contribution in [0.25, 0.3) is 28.3 Å². The van der Waals surface area contributed by atoms with Gasteiger partial charge < -0.3 is 4.90 Å². The molecule has 1 amide bonds. The number of likely N-dealkylation sites (tertiary alicyclic amines) is 1. The average Bonchev–Trinajstić information content (AvgIpc) is 3.63. The van der Waals surface area contributed by atoms with Gasteiger partial charge in [-0.3, -0.25) is 19.4 Å². The standard InChI is InChI=1S/C26H22FN7O/c27-18-9-10-20(29-16-18)21-11-15-32(30-21)17-19-6-5-13-33(19)26(35)24-23-8-2-4-14-34(23)31-25(24)22-7-1-3-12-28-22/h1-4,7-12,14-16,19H,5-6,13,17H2/t19-/m0/s1. The molecule has 1 atom stereocenters. The summed E-state index contributed by atoms with van der Waals surface area (Å²) in [6.07, 6.45) is 8.40. The van der Waals surface area contributed by atoms with Gasteiger partial charge in [-0.1, -0.05) is 12.1 Å². The summed E-state index contributed by atoms with van der Waals surface area (Å²) in [5.41, 5.74) is 3.84. The second-order valence-corrected chi connectivity index (χ2v) is 8.55. The maximum Gasteiger partial charge on any atom is 0.258 e. The van der Waals surface area contributed by atoms with Gasteiger partial charge in [0.15, 0.2) is 0 Å². The normalized spacial score (nSPS) is 15.7. The maximum atomic E-state index is 13.9. The highest BCUT2D eigenvalue weighted by molar-refractivity contribution is 6.06. The Morgan fingerprint density at radius 3 is 2.69 bits per heavy atom. The number of nitrogens with zero attached hydrogens (tertiary/aromatic N) is 7. The topological polar surface area (TPSA) is 81.2 Å². The Morgan fingerprint density at radius 2 is 1.86 bits per heavy atom. The number of amides is 1. The van der Waals surface area contributed by atoms with Crippen LogP contribution in [0.1, 0.15) is 23.2 Å². The lowest BCUT2D eigenvalue weighted by Crippen LogP contribution is -2.38. The minimum Gasteiger partial charge on any atom is -0.334 e. The molecule has 6 rings (SSSR count). The number of aromatic nitrogens is 6. The van der Waals surface area contributed by atoms with Crippen LogP contribution < -0.4 is 0 Å². The minimum absolute atomic E-state index is 0.00771. The van der Waals surface area contributed by atoms with Crippen molar-refractivity contribution in [2.75, 3.05) is 6.54 Å². The zero-order valence-corrected chi connectivity index (χ0v) is 18.8. The fraction of sp³-hybridized carbons (Fsp3) is 0.192. The Labute approximate surface area is 200 Å². The molecular weight excluding hydrogens is 445 g/mol. The summed E-state index contributed by atoms with van der Waals surface area (Å²) in [7, 11) is 0. The fourth-order valence-electron chi connectivity index (χ4n) is 4.67. The molecule has 0 unspecified atom stereocenters. The first-order valence-corrected chi connectivity index (χ1v) is 11.5. The third kappa shape index (κ3) is 3.95. The van der Waals surface area contributed by atoms with Crippen molar-refractivity contribution >= 4 is 11.4 Å². The minimum atomic E-state index is -0.383. The Kier molecular flexibility index (Phi) is 5.29. The molecule has 0 saturated carbocycles. The molecule has 1 aliphatic heterocycles. The summed E-state index contributed by atoms with van der Waals surface area (Å²) in [4.78, 5) is 24.4. The first-order chi connectivity index (χ1) is 17.2. The summed E-state index contributed by atoms with van der Waals surface area (Å²) in [6.45, 7) is 1.23. The predicted octanol–water partition coefficient (Wildman–Crippen LogP) is 4.10. The summed E-state index contributed by atoms with van der Waals surface area (Å²) < 4.78 is 16.8. The molecule has 35 heavy (non-hydrogen) atoms. The van der Waals surface area contributed by atoms with Crippen LogP contribution in [0.15, 0.2) is 79.4 Å². The number of carbonyl (C=O) groups excluding carboxylic acids is 1. The van der Waals surface area contributed by atoms with Crippen molar-refractivity contribution in [2.45, 2.75) is 25.4 Å². The van der Waals surface area contributed by atoms with Gasteiger partial charge in [0.1, 0.15) is 17.2 Å². The highest BCUT2D eigenvalue weighted by atomic mass is 19.1. The van der Waals surface area contributed by atoms with E-state index >= 15 is 0 Å². The van der Waals surface area contributed by atoms with E-state index < -0.39 is 0 Å². The third-order valence-electron chi connectivity index (χ3n) is 6.33. The number of fused-ring (bicyclic) bond motifs is 1. The smallest absolute Gasteiger partial charge is 0.258 e. The molecule has 1 saturated heterocycles. The Morgan fingerprint density at radius 1 is 0.943 bits per heavy atom. The zero-order chi connectivity index (χ0) is 23.8. The van der Waals surface area contributed by atoms with Gasteiger partial charge in [-0.05, 0) is 55.3 Å². The van der Waals surface area contributed by atoms with E-state index in [0.717, 1.165) is 18.4 Å². The number of pyridine rings is 3. The molecule has 0 aliphatic carbocycles. The number of hydrogen-bond acceptors (Lipinski definition) is 5. The van der Waals surface area contributed by atoms with Crippen LogP contribution in [0.4, 0.5) is 4.39 Å². The van der Waals surface area contributed by atoms with Gasteiger partial charge in [0.25, 0.3) is 5.91 Å². The molecule has 5 aromatic heterocycles.